The van der Waals surface area contributed by atoms with Gasteiger partial charge in [-0.1, -0.05) is 19.1 Å². The molecule has 0 atom stereocenters. The van der Waals surface area contributed by atoms with Gasteiger partial charge in [0.05, 0.1) is 5.75 Å². The Morgan fingerprint density at radius 1 is 1.38 bits per heavy atom. The Balaban J connectivity index is 3.06. The Morgan fingerprint density at radius 2 is 2.00 bits per heavy atom. The molecule has 1 N–H and O–H groups in total. The number of sulfone groups is 1. The van der Waals surface area contributed by atoms with Crippen LogP contribution in [0.3, 0.4) is 0 Å². The summed E-state index contributed by atoms with van der Waals surface area (Å²) in [6, 6.07) is 5.99. The molecule has 0 aliphatic carbocycles. The molecule has 0 saturated carbocycles. The van der Waals surface area contributed by atoms with E-state index in [0.717, 1.165) is 0 Å². The number of benzene rings is 1. The second kappa shape index (κ2) is 4.98. The van der Waals surface area contributed by atoms with Gasteiger partial charge in [0, 0.05) is 0 Å². The van der Waals surface area contributed by atoms with E-state index in [1.54, 1.807) is 12.1 Å². The summed E-state index contributed by atoms with van der Waals surface area (Å²) < 4.78 is 28.2. The van der Waals surface area contributed by atoms with Gasteiger partial charge in [-0.05, 0) is 12.1 Å². The molecule has 6 heteroatoms. The third-order valence-electron chi connectivity index (χ3n) is 1.92. The molecule has 0 saturated heterocycles. The molecule has 0 heterocycles. The molecule has 88 valence electrons. The zero-order valence-electron chi connectivity index (χ0n) is 8.71. The number of carboxylic acid groups (broad SMARTS) is 1. The van der Waals surface area contributed by atoms with Gasteiger partial charge in [0.15, 0.2) is 16.4 Å². The van der Waals surface area contributed by atoms with E-state index in [2.05, 4.69) is 0 Å². The fourth-order valence-electron chi connectivity index (χ4n) is 1.12. The molecule has 1 aromatic rings. The van der Waals surface area contributed by atoms with Crippen LogP contribution >= 0.6 is 0 Å². The van der Waals surface area contributed by atoms with Gasteiger partial charge in [-0.3, -0.25) is 0 Å². The van der Waals surface area contributed by atoms with Crippen molar-refractivity contribution in [1.29, 1.82) is 0 Å². The Hall–Kier alpha value is -1.56. The van der Waals surface area contributed by atoms with Crippen molar-refractivity contribution in [1.82, 2.24) is 0 Å². The zero-order chi connectivity index (χ0) is 12.2. The molecule has 0 fully saturated rings. The maximum Gasteiger partial charge on any atom is 0.341 e. The van der Waals surface area contributed by atoms with Crippen molar-refractivity contribution < 1.29 is 23.1 Å². The largest absolute Gasteiger partial charge is 0.481 e. The lowest BCUT2D eigenvalue weighted by Gasteiger charge is -2.09. The second-order valence-electron chi connectivity index (χ2n) is 3.03. The molecule has 0 aliphatic heterocycles. The number of aliphatic carboxylic acids is 1. The van der Waals surface area contributed by atoms with Gasteiger partial charge in [-0.15, -0.1) is 0 Å². The van der Waals surface area contributed by atoms with Crippen LogP contribution in [0.1, 0.15) is 6.92 Å². The number of rotatable bonds is 5. The van der Waals surface area contributed by atoms with E-state index in [1.165, 1.54) is 19.1 Å². The standard InChI is InChI=1S/C10H12O5S/c1-2-16(13,14)9-6-4-3-5-8(9)15-7-10(11)12/h3-6H,2,7H2,1H3,(H,11,12). The van der Waals surface area contributed by atoms with Crippen LogP contribution < -0.4 is 4.74 Å². The van der Waals surface area contributed by atoms with Gasteiger partial charge < -0.3 is 9.84 Å². The summed E-state index contributed by atoms with van der Waals surface area (Å²) in [6.07, 6.45) is 0. The third kappa shape index (κ3) is 2.96. The average molecular weight is 244 g/mol. The predicted octanol–water partition coefficient (Wildman–Crippen LogP) is 0.944. The zero-order valence-corrected chi connectivity index (χ0v) is 9.53. The van der Waals surface area contributed by atoms with Crippen LogP contribution in [-0.4, -0.2) is 31.9 Å². The second-order valence-corrected chi connectivity index (χ2v) is 5.28. The first kappa shape index (κ1) is 12.5. The molecular formula is C10H12O5S. The summed E-state index contributed by atoms with van der Waals surface area (Å²) in [6.45, 7) is 0.958. The van der Waals surface area contributed by atoms with Crippen molar-refractivity contribution in [3.63, 3.8) is 0 Å². The van der Waals surface area contributed by atoms with Crippen LogP contribution in [0, 0.1) is 0 Å². The number of carbonyl (C=O) groups is 1. The molecule has 5 nitrogen and oxygen atoms in total. The highest BCUT2D eigenvalue weighted by atomic mass is 32.2. The molecule has 0 aromatic heterocycles. The van der Waals surface area contributed by atoms with Crippen LogP contribution in [-0.2, 0) is 14.6 Å². The van der Waals surface area contributed by atoms with Crippen molar-refractivity contribution in [2.45, 2.75) is 11.8 Å². The monoisotopic (exact) mass is 244 g/mol. The summed E-state index contributed by atoms with van der Waals surface area (Å²) in [5.74, 6) is -1.13. The molecule has 1 aromatic carbocycles. The lowest BCUT2D eigenvalue weighted by Crippen LogP contribution is -2.12. The van der Waals surface area contributed by atoms with E-state index in [1.807, 2.05) is 0 Å². The molecule has 0 aliphatic rings. The Kier molecular flexibility index (Phi) is 3.89. The highest BCUT2D eigenvalue weighted by Gasteiger charge is 2.17. The number of carboxylic acids is 1. The van der Waals surface area contributed by atoms with Crippen molar-refractivity contribution in [2.24, 2.45) is 0 Å². The van der Waals surface area contributed by atoms with E-state index < -0.39 is 22.4 Å². The Labute approximate surface area is 93.6 Å². The minimum absolute atomic E-state index is 0.0266. The van der Waals surface area contributed by atoms with E-state index in [9.17, 15) is 13.2 Å². The molecule has 1 rings (SSSR count). The van der Waals surface area contributed by atoms with Gasteiger partial charge in [0.1, 0.15) is 10.6 Å². The molecule has 16 heavy (non-hydrogen) atoms. The van der Waals surface area contributed by atoms with Crippen LogP contribution in [0.5, 0.6) is 5.75 Å². The van der Waals surface area contributed by atoms with E-state index in [0.29, 0.717) is 0 Å². The van der Waals surface area contributed by atoms with E-state index >= 15 is 0 Å². The smallest absolute Gasteiger partial charge is 0.341 e. The van der Waals surface area contributed by atoms with E-state index in [4.69, 9.17) is 9.84 Å². The normalized spacial score (nSPS) is 11.1. The number of para-hydroxylation sites is 1. The lowest BCUT2D eigenvalue weighted by atomic mass is 10.3. The Bertz CT molecular complexity index is 478. The SMILES string of the molecule is CCS(=O)(=O)c1ccccc1OCC(=O)O. The Morgan fingerprint density at radius 3 is 2.56 bits per heavy atom. The molecule has 0 amide bonds. The number of ether oxygens (including phenoxy) is 1. The summed E-state index contributed by atoms with van der Waals surface area (Å²) >= 11 is 0. The van der Waals surface area contributed by atoms with Crippen LogP contribution in [0.25, 0.3) is 0 Å². The predicted molar refractivity (Wildman–Crippen MR) is 57.3 cm³/mol. The minimum Gasteiger partial charge on any atom is -0.481 e. The van der Waals surface area contributed by atoms with Gasteiger partial charge >= 0.3 is 5.97 Å². The van der Waals surface area contributed by atoms with Crippen molar-refractivity contribution in [3.8, 4) is 5.75 Å². The average Bonchev–Trinajstić information content (AvgIpc) is 2.26. The summed E-state index contributed by atoms with van der Waals surface area (Å²) in [4.78, 5) is 10.4. The van der Waals surface area contributed by atoms with Crippen LogP contribution in [0.4, 0.5) is 0 Å². The third-order valence-corrected chi connectivity index (χ3v) is 3.68. The first-order chi connectivity index (χ1) is 7.47. The molecular weight excluding hydrogens is 232 g/mol. The van der Waals surface area contributed by atoms with Gasteiger partial charge in [0.25, 0.3) is 0 Å². The first-order valence-electron chi connectivity index (χ1n) is 4.63. The molecule has 0 radical (unpaired) electrons. The maximum absolute atomic E-state index is 11.6. The molecule has 0 bridgehead atoms. The fourth-order valence-corrected chi connectivity index (χ4v) is 2.15. The first-order valence-corrected chi connectivity index (χ1v) is 6.29. The van der Waals surface area contributed by atoms with Crippen molar-refractivity contribution in [2.75, 3.05) is 12.4 Å². The molecule has 0 unspecified atom stereocenters. The fraction of sp³-hybridized carbons (Fsp3) is 0.300. The van der Waals surface area contributed by atoms with Crippen LogP contribution in [0.15, 0.2) is 29.2 Å². The number of hydrogen-bond donors (Lipinski definition) is 1. The van der Waals surface area contributed by atoms with Gasteiger partial charge in [-0.2, -0.15) is 0 Å². The summed E-state index contributed by atoms with van der Waals surface area (Å²) in [5, 5.41) is 8.45. The highest BCUT2D eigenvalue weighted by molar-refractivity contribution is 7.91. The van der Waals surface area contributed by atoms with Crippen molar-refractivity contribution in [3.05, 3.63) is 24.3 Å². The van der Waals surface area contributed by atoms with Gasteiger partial charge in [0.2, 0.25) is 0 Å². The van der Waals surface area contributed by atoms with Crippen molar-refractivity contribution >= 4 is 15.8 Å². The van der Waals surface area contributed by atoms with Crippen LogP contribution in [0.2, 0.25) is 0 Å². The number of hydrogen-bond acceptors (Lipinski definition) is 4. The molecule has 0 spiro atoms. The minimum atomic E-state index is -3.39. The topological polar surface area (TPSA) is 80.7 Å². The summed E-state index contributed by atoms with van der Waals surface area (Å²) in [7, 11) is -3.39. The summed E-state index contributed by atoms with van der Waals surface area (Å²) in [5.41, 5.74) is 0. The van der Waals surface area contributed by atoms with E-state index in [-0.39, 0.29) is 16.4 Å². The highest BCUT2D eigenvalue weighted by Crippen LogP contribution is 2.24. The lowest BCUT2D eigenvalue weighted by molar-refractivity contribution is -0.139. The quantitative estimate of drug-likeness (QED) is 0.833. The van der Waals surface area contributed by atoms with Gasteiger partial charge in [-0.25, -0.2) is 13.2 Å². The maximum atomic E-state index is 11.6.